The smallest absolute Gasteiger partial charge is 0.164 e. The van der Waals surface area contributed by atoms with E-state index in [2.05, 4.69) is 252 Å². The molecule has 0 fully saturated rings. The second-order valence-corrected chi connectivity index (χ2v) is 17.2. The zero-order valence-electron chi connectivity index (χ0n) is 36.9. The minimum absolute atomic E-state index is 0.585. The summed E-state index contributed by atoms with van der Waals surface area (Å²) in [4.78, 5) is 16.2. The third-order valence-corrected chi connectivity index (χ3v) is 13.2. The second-order valence-electron chi connectivity index (χ2n) is 17.2. The van der Waals surface area contributed by atoms with Gasteiger partial charge in [-0.05, 0) is 64.7 Å². The molecule has 318 valence electrons. The first-order chi connectivity index (χ1) is 33.7. The number of hydrogen-bond donors (Lipinski definition) is 0. The first-order valence-corrected chi connectivity index (χ1v) is 23.0. The Morgan fingerprint density at radius 3 is 0.926 bits per heavy atom. The summed E-state index contributed by atoms with van der Waals surface area (Å²) < 4.78 is 4.78. The molecule has 5 heteroatoms. The molecule has 13 aromatic rings. The molecular formula is C63H41N5. The lowest BCUT2D eigenvalue weighted by atomic mass is 9.99. The van der Waals surface area contributed by atoms with Gasteiger partial charge in [0.2, 0.25) is 0 Å². The largest absolute Gasteiger partial charge is 0.309 e. The van der Waals surface area contributed by atoms with Crippen LogP contribution in [0, 0.1) is 0 Å². The molecule has 0 saturated heterocycles. The number of hydrogen-bond acceptors (Lipinski definition) is 3. The van der Waals surface area contributed by atoms with Crippen LogP contribution in [0.15, 0.2) is 249 Å². The highest BCUT2D eigenvalue weighted by Crippen LogP contribution is 2.41. The van der Waals surface area contributed by atoms with Gasteiger partial charge < -0.3 is 9.13 Å². The summed E-state index contributed by atoms with van der Waals surface area (Å²) in [7, 11) is 0. The van der Waals surface area contributed by atoms with Gasteiger partial charge in [0.25, 0.3) is 0 Å². The van der Waals surface area contributed by atoms with Gasteiger partial charge in [-0.25, -0.2) is 15.0 Å². The number of fused-ring (bicyclic) bond motifs is 6. The number of aromatic nitrogens is 5. The molecule has 3 aromatic heterocycles. The lowest BCUT2D eigenvalue weighted by molar-refractivity contribution is 1.07. The fraction of sp³-hybridized carbons (Fsp3) is 0. The van der Waals surface area contributed by atoms with Gasteiger partial charge in [-0.2, -0.15) is 0 Å². The van der Waals surface area contributed by atoms with Gasteiger partial charge in [0, 0.05) is 49.4 Å². The molecule has 5 nitrogen and oxygen atoms in total. The highest BCUT2D eigenvalue weighted by atomic mass is 15.0. The Kier molecular flexibility index (Phi) is 9.43. The van der Waals surface area contributed by atoms with E-state index in [0.717, 1.165) is 83.5 Å². The van der Waals surface area contributed by atoms with E-state index in [1.807, 2.05) is 6.07 Å². The number of rotatable bonds is 8. The standard InChI is InChI=1S/C63H41N5/c1-4-19-42(20-5-1)45-25-18-26-46(39-45)61-64-62(47-35-37-49(43-21-6-2-7-22-43)59(40-47)67-55-31-14-10-27-51(55)52-28-11-15-32-56(52)67)66-63(65-61)48-36-38-50(44-23-8-3-9-24-44)60(41-48)68-57-33-16-12-29-53(57)54-30-13-17-34-58(54)68/h1-41H. The molecule has 0 aliphatic rings. The zero-order chi connectivity index (χ0) is 45.0. The molecule has 0 aliphatic heterocycles. The Labute approximate surface area is 393 Å². The molecule has 0 N–H and O–H groups in total. The minimum atomic E-state index is 0.585. The second kappa shape index (κ2) is 16.4. The van der Waals surface area contributed by atoms with Crippen molar-refractivity contribution in [3.8, 4) is 78.9 Å². The number of nitrogens with zero attached hydrogens (tertiary/aromatic N) is 5. The minimum Gasteiger partial charge on any atom is -0.309 e. The van der Waals surface area contributed by atoms with Gasteiger partial charge in [0.1, 0.15) is 0 Å². The van der Waals surface area contributed by atoms with Crippen molar-refractivity contribution in [2.24, 2.45) is 0 Å². The Morgan fingerprint density at radius 1 is 0.221 bits per heavy atom. The Morgan fingerprint density at radius 2 is 0.529 bits per heavy atom. The van der Waals surface area contributed by atoms with Crippen molar-refractivity contribution in [3.63, 3.8) is 0 Å². The van der Waals surface area contributed by atoms with Crippen molar-refractivity contribution in [2.75, 3.05) is 0 Å². The zero-order valence-corrected chi connectivity index (χ0v) is 36.9. The van der Waals surface area contributed by atoms with E-state index in [1.54, 1.807) is 0 Å². The summed E-state index contributed by atoms with van der Waals surface area (Å²) in [5, 5.41) is 4.81. The van der Waals surface area contributed by atoms with Crippen LogP contribution in [0.25, 0.3) is 123 Å². The quantitative estimate of drug-likeness (QED) is 0.153. The maximum Gasteiger partial charge on any atom is 0.164 e. The fourth-order valence-corrected chi connectivity index (χ4v) is 10.0. The van der Waals surface area contributed by atoms with Gasteiger partial charge in [-0.3, -0.25) is 0 Å². The number of para-hydroxylation sites is 4. The Bertz CT molecular complexity index is 3690. The average Bonchev–Trinajstić information content (AvgIpc) is 3.94. The van der Waals surface area contributed by atoms with Crippen molar-refractivity contribution >= 4 is 43.6 Å². The maximum absolute atomic E-state index is 5.44. The molecule has 68 heavy (non-hydrogen) atoms. The fourth-order valence-electron chi connectivity index (χ4n) is 10.0. The molecule has 0 amide bonds. The van der Waals surface area contributed by atoms with Gasteiger partial charge in [0.05, 0.1) is 33.4 Å². The average molecular weight is 868 g/mol. The molecule has 13 rings (SSSR count). The van der Waals surface area contributed by atoms with Crippen molar-refractivity contribution in [1.29, 1.82) is 0 Å². The van der Waals surface area contributed by atoms with E-state index in [-0.39, 0.29) is 0 Å². The molecule has 0 radical (unpaired) electrons. The summed E-state index contributed by atoms with van der Waals surface area (Å²) in [5.74, 6) is 1.77. The van der Waals surface area contributed by atoms with Gasteiger partial charge >= 0.3 is 0 Å². The first kappa shape index (κ1) is 39.2. The van der Waals surface area contributed by atoms with Crippen molar-refractivity contribution < 1.29 is 0 Å². The molecule has 0 aliphatic carbocycles. The summed E-state index contributed by atoms with van der Waals surface area (Å²) in [5.41, 5.74) is 16.0. The summed E-state index contributed by atoms with van der Waals surface area (Å²) in [6, 6.07) is 88.2. The monoisotopic (exact) mass is 867 g/mol. The first-order valence-electron chi connectivity index (χ1n) is 23.0. The highest BCUT2D eigenvalue weighted by molar-refractivity contribution is 6.11. The maximum atomic E-state index is 5.44. The molecule has 10 aromatic carbocycles. The number of benzene rings is 10. The van der Waals surface area contributed by atoms with E-state index in [4.69, 9.17) is 15.0 Å². The van der Waals surface area contributed by atoms with E-state index >= 15 is 0 Å². The van der Waals surface area contributed by atoms with Crippen molar-refractivity contribution in [2.45, 2.75) is 0 Å². The van der Waals surface area contributed by atoms with E-state index < -0.39 is 0 Å². The van der Waals surface area contributed by atoms with Crippen molar-refractivity contribution in [3.05, 3.63) is 249 Å². The topological polar surface area (TPSA) is 48.5 Å². The van der Waals surface area contributed by atoms with Gasteiger partial charge in [-0.1, -0.05) is 206 Å². The van der Waals surface area contributed by atoms with Crippen molar-refractivity contribution in [1.82, 2.24) is 24.1 Å². The van der Waals surface area contributed by atoms with Crippen LogP contribution in [0.4, 0.5) is 0 Å². The third-order valence-electron chi connectivity index (χ3n) is 13.2. The predicted molar refractivity (Wildman–Crippen MR) is 281 cm³/mol. The van der Waals surface area contributed by atoms with E-state index in [9.17, 15) is 0 Å². The summed E-state index contributed by atoms with van der Waals surface area (Å²) in [6.07, 6.45) is 0. The lowest BCUT2D eigenvalue weighted by Gasteiger charge is -2.17. The molecule has 3 heterocycles. The Hall–Kier alpha value is -9.19. The summed E-state index contributed by atoms with van der Waals surface area (Å²) in [6.45, 7) is 0. The van der Waals surface area contributed by atoms with Crippen LogP contribution in [-0.2, 0) is 0 Å². The Balaban J connectivity index is 1.07. The lowest BCUT2D eigenvalue weighted by Crippen LogP contribution is -2.03. The molecule has 0 saturated carbocycles. The van der Waals surface area contributed by atoms with Crippen LogP contribution in [0.2, 0.25) is 0 Å². The van der Waals surface area contributed by atoms with Crippen LogP contribution in [0.3, 0.4) is 0 Å². The van der Waals surface area contributed by atoms with Crippen LogP contribution in [-0.4, -0.2) is 24.1 Å². The van der Waals surface area contributed by atoms with Crippen LogP contribution in [0.5, 0.6) is 0 Å². The molecular weight excluding hydrogens is 827 g/mol. The molecule has 0 unspecified atom stereocenters. The molecule has 0 spiro atoms. The predicted octanol–water partition coefficient (Wildman–Crippen LogP) is 16.1. The molecule has 0 bridgehead atoms. The van der Waals surface area contributed by atoms with E-state index in [1.165, 1.54) is 21.5 Å². The van der Waals surface area contributed by atoms with Crippen LogP contribution in [0.1, 0.15) is 0 Å². The normalized spacial score (nSPS) is 11.5. The van der Waals surface area contributed by atoms with Crippen LogP contribution < -0.4 is 0 Å². The SMILES string of the molecule is c1ccc(-c2cccc(-c3nc(-c4ccc(-c5ccccc5)c(-n5c6ccccc6c6ccccc65)c4)nc(-c4ccc(-c5ccccc5)c(-n5c6ccccc6c6ccccc65)c4)n3)c2)cc1. The third kappa shape index (κ3) is 6.68. The van der Waals surface area contributed by atoms with E-state index in [0.29, 0.717) is 17.5 Å². The molecule has 0 atom stereocenters. The highest BCUT2D eigenvalue weighted by Gasteiger charge is 2.21. The summed E-state index contributed by atoms with van der Waals surface area (Å²) >= 11 is 0. The van der Waals surface area contributed by atoms with Gasteiger partial charge in [-0.15, -0.1) is 0 Å². The van der Waals surface area contributed by atoms with Crippen LogP contribution >= 0.6 is 0 Å². The van der Waals surface area contributed by atoms with Gasteiger partial charge in [0.15, 0.2) is 17.5 Å².